The first-order chi connectivity index (χ1) is 6.86. The van der Waals surface area contributed by atoms with Crippen molar-refractivity contribution in [2.45, 2.75) is 20.8 Å². The van der Waals surface area contributed by atoms with Gasteiger partial charge in [-0.05, 0) is 19.1 Å². The van der Waals surface area contributed by atoms with Gasteiger partial charge in [0.05, 0.1) is 0 Å². The van der Waals surface area contributed by atoms with Crippen molar-refractivity contribution in [3.63, 3.8) is 0 Å². The predicted molar refractivity (Wildman–Crippen MR) is 55.8 cm³/mol. The topological polar surface area (TPSA) is 38.9 Å². The molecule has 0 bridgehead atoms. The Balaban J connectivity index is 0.000000461. The van der Waals surface area contributed by atoms with E-state index in [4.69, 9.17) is 4.52 Å². The van der Waals surface area contributed by atoms with Crippen LogP contribution in [0.4, 0.5) is 0 Å². The van der Waals surface area contributed by atoms with Crippen LogP contribution in [0.3, 0.4) is 0 Å². The molecule has 0 aliphatic carbocycles. The van der Waals surface area contributed by atoms with Crippen LogP contribution in [0, 0.1) is 6.92 Å². The van der Waals surface area contributed by atoms with Gasteiger partial charge in [-0.2, -0.15) is 0 Å². The Bertz CT molecular complexity index is 368. The molecule has 74 valence electrons. The molecule has 2 aromatic rings. The Kier molecular flexibility index (Phi) is 3.85. The molecule has 3 heteroatoms. The molecule has 0 radical (unpaired) electrons. The smallest absolute Gasteiger partial charge is 0.134 e. The minimum atomic E-state index is 0.814. The lowest BCUT2D eigenvalue weighted by atomic mass is 10.2. The minimum absolute atomic E-state index is 0.814. The molecule has 2 aromatic heterocycles. The molecule has 2 heterocycles. The summed E-state index contributed by atoms with van der Waals surface area (Å²) in [4.78, 5) is 3.99. The number of aromatic nitrogens is 2. The average Bonchev–Trinajstić information content (AvgIpc) is 2.69. The zero-order valence-corrected chi connectivity index (χ0v) is 8.69. The van der Waals surface area contributed by atoms with Gasteiger partial charge >= 0.3 is 0 Å². The molecule has 0 aliphatic rings. The summed E-state index contributed by atoms with van der Waals surface area (Å²) in [6, 6.07) is 5.71. The summed E-state index contributed by atoms with van der Waals surface area (Å²) in [5.74, 6) is 0.814. The number of aryl methyl sites for hydroxylation is 1. The summed E-state index contributed by atoms with van der Waals surface area (Å²) < 4.78 is 4.94. The Labute approximate surface area is 83.8 Å². The first-order valence-electron chi connectivity index (χ1n) is 4.70. The first-order valence-corrected chi connectivity index (χ1v) is 4.70. The standard InChI is InChI=1S/C9H8N2O.C2H6/c1-7-5-9(11-12-7)8-3-2-4-10-6-8;1-2/h2-6H,1H3;1-2H3. The van der Waals surface area contributed by atoms with Gasteiger partial charge in [-0.3, -0.25) is 4.98 Å². The van der Waals surface area contributed by atoms with Gasteiger partial charge in [-0.25, -0.2) is 0 Å². The first kappa shape index (κ1) is 10.4. The number of pyridine rings is 1. The van der Waals surface area contributed by atoms with E-state index in [1.54, 1.807) is 12.4 Å². The second kappa shape index (κ2) is 5.17. The van der Waals surface area contributed by atoms with Crippen LogP contribution in [0.1, 0.15) is 19.6 Å². The van der Waals surface area contributed by atoms with Crippen molar-refractivity contribution < 1.29 is 4.52 Å². The number of rotatable bonds is 1. The maximum atomic E-state index is 4.94. The van der Waals surface area contributed by atoms with Crippen LogP contribution in [-0.4, -0.2) is 10.1 Å². The summed E-state index contributed by atoms with van der Waals surface area (Å²) in [5.41, 5.74) is 1.81. The van der Waals surface area contributed by atoms with Crippen LogP contribution < -0.4 is 0 Å². The molecule has 0 saturated heterocycles. The molecule has 0 unspecified atom stereocenters. The lowest BCUT2D eigenvalue weighted by molar-refractivity contribution is 0.399. The van der Waals surface area contributed by atoms with Crippen LogP contribution in [0.5, 0.6) is 0 Å². The fourth-order valence-electron chi connectivity index (χ4n) is 1.02. The third-order valence-electron chi connectivity index (χ3n) is 1.59. The molecule has 0 saturated carbocycles. The van der Waals surface area contributed by atoms with Crippen molar-refractivity contribution in [3.05, 3.63) is 36.4 Å². The van der Waals surface area contributed by atoms with Crippen molar-refractivity contribution in [2.75, 3.05) is 0 Å². The van der Waals surface area contributed by atoms with E-state index in [9.17, 15) is 0 Å². The highest BCUT2D eigenvalue weighted by Crippen LogP contribution is 2.16. The lowest BCUT2D eigenvalue weighted by Gasteiger charge is -1.90. The van der Waals surface area contributed by atoms with Gasteiger partial charge in [0.2, 0.25) is 0 Å². The van der Waals surface area contributed by atoms with E-state index in [0.717, 1.165) is 17.0 Å². The monoisotopic (exact) mass is 190 g/mol. The van der Waals surface area contributed by atoms with E-state index in [2.05, 4.69) is 10.1 Å². The third kappa shape index (κ3) is 2.42. The summed E-state index contributed by atoms with van der Waals surface area (Å²) >= 11 is 0. The summed E-state index contributed by atoms with van der Waals surface area (Å²) in [6.45, 7) is 5.87. The van der Waals surface area contributed by atoms with E-state index in [0.29, 0.717) is 0 Å². The van der Waals surface area contributed by atoms with Crippen LogP contribution in [0.2, 0.25) is 0 Å². The van der Waals surface area contributed by atoms with Gasteiger partial charge in [-0.15, -0.1) is 0 Å². The van der Waals surface area contributed by atoms with Gasteiger partial charge in [0, 0.05) is 24.0 Å². The molecule has 0 amide bonds. The van der Waals surface area contributed by atoms with Crippen LogP contribution in [0.25, 0.3) is 11.3 Å². The second-order valence-electron chi connectivity index (χ2n) is 2.56. The molecule has 0 atom stereocenters. The Morgan fingerprint density at radius 1 is 1.29 bits per heavy atom. The van der Waals surface area contributed by atoms with Gasteiger partial charge in [0.25, 0.3) is 0 Å². The highest BCUT2D eigenvalue weighted by molar-refractivity contribution is 5.56. The number of hydrogen-bond donors (Lipinski definition) is 0. The average molecular weight is 190 g/mol. The van der Waals surface area contributed by atoms with E-state index < -0.39 is 0 Å². The Morgan fingerprint density at radius 2 is 2.07 bits per heavy atom. The van der Waals surface area contributed by atoms with Crippen LogP contribution >= 0.6 is 0 Å². The summed E-state index contributed by atoms with van der Waals surface area (Å²) in [5, 5.41) is 3.87. The van der Waals surface area contributed by atoms with Gasteiger partial charge in [0.1, 0.15) is 11.5 Å². The molecule has 0 aliphatic heterocycles. The molecule has 0 aromatic carbocycles. The van der Waals surface area contributed by atoms with E-state index >= 15 is 0 Å². The van der Waals surface area contributed by atoms with Gasteiger partial charge in [-0.1, -0.05) is 19.0 Å². The zero-order chi connectivity index (χ0) is 10.4. The number of hydrogen-bond acceptors (Lipinski definition) is 3. The normalized spacial score (nSPS) is 9.07. The van der Waals surface area contributed by atoms with Crippen molar-refractivity contribution in [1.82, 2.24) is 10.1 Å². The highest BCUT2D eigenvalue weighted by Gasteiger charge is 2.01. The maximum Gasteiger partial charge on any atom is 0.134 e. The second-order valence-corrected chi connectivity index (χ2v) is 2.56. The van der Waals surface area contributed by atoms with Crippen LogP contribution in [-0.2, 0) is 0 Å². The molecular weight excluding hydrogens is 176 g/mol. The molecule has 0 N–H and O–H groups in total. The maximum absolute atomic E-state index is 4.94. The van der Waals surface area contributed by atoms with E-state index in [-0.39, 0.29) is 0 Å². The van der Waals surface area contributed by atoms with Crippen molar-refractivity contribution in [2.24, 2.45) is 0 Å². The zero-order valence-electron chi connectivity index (χ0n) is 8.69. The minimum Gasteiger partial charge on any atom is -0.361 e. The fraction of sp³-hybridized carbons (Fsp3) is 0.273. The van der Waals surface area contributed by atoms with Crippen LogP contribution in [0.15, 0.2) is 35.1 Å². The van der Waals surface area contributed by atoms with E-state index in [1.165, 1.54) is 0 Å². The Morgan fingerprint density at radius 3 is 2.57 bits per heavy atom. The molecule has 0 fully saturated rings. The fourth-order valence-corrected chi connectivity index (χ4v) is 1.02. The van der Waals surface area contributed by atoms with Gasteiger partial charge in [0.15, 0.2) is 0 Å². The van der Waals surface area contributed by atoms with Crippen molar-refractivity contribution in [3.8, 4) is 11.3 Å². The number of nitrogens with zero attached hydrogens (tertiary/aromatic N) is 2. The van der Waals surface area contributed by atoms with Gasteiger partial charge < -0.3 is 4.52 Å². The molecule has 2 rings (SSSR count). The predicted octanol–water partition coefficient (Wildman–Crippen LogP) is 3.07. The van der Waals surface area contributed by atoms with Crippen molar-refractivity contribution >= 4 is 0 Å². The lowest BCUT2D eigenvalue weighted by Crippen LogP contribution is -1.76. The SMILES string of the molecule is CC.Cc1cc(-c2cccnc2)no1. The quantitative estimate of drug-likeness (QED) is 0.693. The third-order valence-corrected chi connectivity index (χ3v) is 1.59. The molecule has 0 spiro atoms. The summed E-state index contributed by atoms with van der Waals surface area (Å²) in [7, 11) is 0. The largest absolute Gasteiger partial charge is 0.361 e. The molecule has 14 heavy (non-hydrogen) atoms. The molecular formula is C11H14N2O. The highest BCUT2D eigenvalue weighted by atomic mass is 16.5. The molecule has 3 nitrogen and oxygen atoms in total. The van der Waals surface area contributed by atoms with E-state index in [1.807, 2.05) is 39.0 Å². The summed E-state index contributed by atoms with van der Waals surface area (Å²) in [6.07, 6.45) is 3.49. The Hall–Kier alpha value is -1.64. The van der Waals surface area contributed by atoms with Crippen molar-refractivity contribution in [1.29, 1.82) is 0 Å².